The van der Waals surface area contributed by atoms with Crippen LogP contribution in [0.15, 0.2) is 30.3 Å². The first-order valence-corrected chi connectivity index (χ1v) is 6.26. The SMILES string of the molecule is Cc1ccc(C#N)c(NCc2ccc3c(c2)OCO3)n1. The molecule has 0 aliphatic carbocycles. The number of aromatic nitrogens is 1. The van der Waals surface area contributed by atoms with Crippen LogP contribution in [0.25, 0.3) is 0 Å². The molecule has 0 amide bonds. The standard InChI is InChI=1S/C15H13N3O2/c1-10-2-4-12(7-16)15(18-10)17-8-11-3-5-13-14(6-11)20-9-19-13/h2-6H,8-9H2,1H3,(H,17,18). The van der Waals surface area contributed by atoms with E-state index in [1.165, 1.54) is 0 Å². The number of nitriles is 1. The van der Waals surface area contributed by atoms with E-state index in [-0.39, 0.29) is 6.79 Å². The van der Waals surface area contributed by atoms with E-state index in [9.17, 15) is 0 Å². The van der Waals surface area contributed by atoms with Crippen LogP contribution in [-0.4, -0.2) is 11.8 Å². The molecule has 1 N–H and O–H groups in total. The van der Waals surface area contributed by atoms with Gasteiger partial charge in [-0.1, -0.05) is 6.07 Å². The van der Waals surface area contributed by atoms with Crippen molar-refractivity contribution in [2.24, 2.45) is 0 Å². The monoisotopic (exact) mass is 267 g/mol. The van der Waals surface area contributed by atoms with Crippen molar-refractivity contribution in [3.8, 4) is 17.6 Å². The fraction of sp³-hybridized carbons (Fsp3) is 0.200. The number of nitrogens with zero attached hydrogens (tertiary/aromatic N) is 2. The summed E-state index contributed by atoms with van der Waals surface area (Å²) in [7, 11) is 0. The van der Waals surface area contributed by atoms with Crippen LogP contribution in [0.1, 0.15) is 16.8 Å². The smallest absolute Gasteiger partial charge is 0.231 e. The van der Waals surface area contributed by atoms with E-state index >= 15 is 0 Å². The molecule has 0 fully saturated rings. The minimum atomic E-state index is 0.268. The highest BCUT2D eigenvalue weighted by molar-refractivity contribution is 5.53. The van der Waals surface area contributed by atoms with Crippen molar-refractivity contribution in [3.05, 3.63) is 47.2 Å². The Morgan fingerprint density at radius 3 is 2.95 bits per heavy atom. The molecule has 0 spiro atoms. The molecule has 5 heteroatoms. The lowest BCUT2D eigenvalue weighted by molar-refractivity contribution is 0.174. The second-order valence-corrected chi connectivity index (χ2v) is 4.50. The van der Waals surface area contributed by atoms with Crippen LogP contribution in [0.2, 0.25) is 0 Å². The summed E-state index contributed by atoms with van der Waals surface area (Å²) < 4.78 is 10.6. The van der Waals surface area contributed by atoms with Gasteiger partial charge in [0, 0.05) is 12.2 Å². The summed E-state index contributed by atoms with van der Waals surface area (Å²) in [4.78, 5) is 4.34. The van der Waals surface area contributed by atoms with E-state index in [4.69, 9.17) is 14.7 Å². The number of pyridine rings is 1. The summed E-state index contributed by atoms with van der Waals surface area (Å²) in [5.74, 6) is 2.12. The van der Waals surface area contributed by atoms with E-state index in [1.54, 1.807) is 6.07 Å². The van der Waals surface area contributed by atoms with Gasteiger partial charge < -0.3 is 14.8 Å². The summed E-state index contributed by atoms with van der Waals surface area (Å²) in [5.41, 5.74) is 2.45. The molecule has 0 radical (unpaired) electrons. The highest BCUT2D eigenvalue weighted by atomic mass is 16.7. The maximum absolute atomic E-state index is 9.07. The highest BCUT2D eigenvalue weighted by Gasteiger charge is 2.13. The normalized spacial score (nSPS) is 12.0. The molecule has 2 aromatic rings. The number of hydrogen-bond donors (Lipinski definition) is 1. The van der Waals surface area contributed by atoms with Crippen molar-refractivity contribution in [2.45, 2.75) is 13.5 Å². The number of ether oxygens (including phenoxy) is 2. The Bertz CT molecular complexity index is 692. The summed E-state index contributed by atoms with van der Waals surface area (Å²) in [6, 6.07) is 11.5. The molecule has 0 bridgehead atoms. The predicted octanol–water partition coefficient (Wildman–Crippen LogP) is 2.60. The van der Waals surface area contributed by atoms with E-state index < -0.39 is 0 Å². The van der Waals surface area contributed by atoms with Gasteiger partial charge in [0.25, 0.3) is 0 Å². The lowest BCUT2D eigenvalue weighted by Gasteiger charge is -2.08. The van der Waals surface area contributed by atoms with E-state index in [0.29, 0.717) is 17.9 Å². The summed E-state index contributed by atoms with van der Waals surface area (Å²) in [5, 5.41) is 12.2. The van der Waals surface area contributed by atoms with Gasteiger partial charge in [-0.15, -0.1) is 0 Å². The lowest BCUT2D eigenvalue weighted by Crippen LogP contribution is -2.04. The molecule has 0 saturated carbocycles. The molecule has 1 aromatic heterocycles. The first-order chi connectivity index (χ1) is 9.76. The molecule has 1 aliphatic heterocycles. The van der Waals surface area contributed by atoms with Crippen LogP contribution in [0, 0.1) is 18.3 Å². The molecule has 1 aromatic carbocycles. The van der Waals surface area contributed by atoms with Crippen LogP contribution in [0.5, 0.6) is 11.5 Å². The molecule has 100 valence electrons. The largest absolute Gasteiger partial charge is 0.454 e. The van der Waals surface area contributed by atoms with Crippen molar-refractivity contribution < 1.29 is 9.47 Å². The summed E-state index contributed by atoms with van der Waals surface area (Å²) in [6.45, 7) is 2.74. The molecule has 0 saturated heterocycles. The van der Waals surface area contributed by atoms with Gasteiger partial charge in [0.2, 0.25) is 6.79 Å². The van der Waals surface area contributed by atoms with Gasteiger partial charge in [-0.2, -0.15) is 5.26 Å². The quantitative estimate of drug-likeness (QED) is 0.925. The van der Waals surface area contributed by atoms with Gasteiger partial charge in [-0.25, -0.2) is 4.98 Å². The van der Waals surface area contributed by atoms with Crippen molar-refractivity contribution in [1.82, 2.24) is 4.98 Å². The molecule has 5 nitrogen and oxygen atoms in total. The Morgan fingerprint density at radius 1 is 1.25 bits per heavy atom. The maximum Gasteiger partial charge on any atom is 0.231 e. The number of anilines is 1. The Morgan fingerprint density at radius 2 is 2.10 bits per heavy atom. The van der Waals surface area contributed by atoms with Crippen LogP contribution in [0.3, 0.4) is 0 Å². The van der Waals surface area contributed by atoms with E-state index in [0.717, 1.165) is 22.8 Å². The number of hydrogen-bond acceptors (Lipinski definition) is 5. The molecule has 1 aliphatic rings. The van der Waals surface area contributed by atoms with Crippen molar-refractivity contribution in [3.63, 3.8) is 0 Å². The fourth-order valence-corrected chi connectivity index (χ4v) is 2.02. The van der Waals surface area contributed by atoms with Crippen LogP contribution in [0.4, 0.5) is 5.82 Å². The van der Waals surface area contributed by atoms with Crippen LogP contribution >= 0.6 is 0 Å². The average molecular weight is 267 g/mol. The first kappa shape index (κ1) is 12.3. The molecular weight excluding hydrogens is 254 g/mol. The van der Waals surface area contributed by atoms with Gasteiger partial charge in [0.15, 0.2) is 11.5 Å². The fourth-order valence-electron chi connectivity index (χ4n) is 2.02. The lowest BCUT2D eigenvalue weighted by atomic mass is 10.2. The minimum absolute atomic E-state index is 0.268. The van der Waals surface area contributed by atoms with Crippen molar-refractivity contribution >= 4 is 5.82 Å². The highest BCUT2D eigenvalue weighted by Crippen LogP contribution is 2.32. The number of nitrogens with one attached hydrogen (secondary N) is 1. The molecular formula is C15H13N3O2. The molecule has 20 heavy (non-hydrogen) atoms. The third-order valence-corrected chi connectivity index (χ3v) is 3.05. The third kappa shape index (κ3) is 2.36. The number of benzene rings is 1. The van der Waals surface area contributed by atoms with Crippen molar-refractivity contribution in [2.75, 3.05) is 12.1 Å². The predicted molar refractivity (Wildman–Crippen MR) is 73.6 cm³/mol. The van der Waals surface area contributed by atoms with E-state index in [2.05, 4.69) is 16.4 Å². The number of aryl methyl sites for hydroxylation is 1. The second-order valence-electron chi connectivity index (χ2n) is 4.50. The first-order valence-electron chi connectivity index (χ1n) is 6.26. The zero-order valence-electron chi connectivity index (χ0n) is 11.0. The molecule has 2 heterocycles. The van der Waals surface area contributed by atoms with Gasteiger partial charge >= 0.3 is 0 Å². The van der Waals surface area contributed by atoms with Crippen LogP contribution in [-0.2, 0) is 6.54 Å². The molecule has 0 unspecified atom stereocenters. The van der Waals surface area contributed by atoms with E-state index in [1.807, 2.05) is 31.2 Å². The summed E-state index contributed by atoms with van der Waals surface area (Å²) in [6.07, 6.45) is 0. The second kappa shape index (κ2) is 5.10. The van der Waals surface area contributed by atoms with Gasteiger partial charge in [0.05, 0.1) is 5.56 Å². The number of fused-ring (bicyclic) bond motifs is 1. The Hall–Kier alpha value is -2.74. The van der Waals surface area contributed by atoms with Crippen LogP contribution < -0.4 is 14.8 Å². The minimum Gasteiger partial charge on any atom is -0.454 e. The Balaban J connectivity index is 1.77. The van der Waals surface area contributed by atoms with Gasteiger partial charge in [-0.05, 0) is 36.8 Å². The zero-order chi connectivity index (χ0) is 13.9. The van der Waals surface area contributed by atoms with Crippen molar-refractivity contribution in [1.29, 1.82) is 5.26 Å². The number of rotatable bonds is 3. The molecule has 3 rings (SSSR count). The van der Waals surface area contributed by atoms with Gasteiger partial charge in [0.1, 0.15) is 11.9 Å². The summed E-state index contributed by atoms with van der Waals surface area (Å²) >= 11 is 0. The third-order valence-electron chi connectivity index (χ3n) is 3.05. The maximum atomic E-state index is 9.07. The molecule has 0 atom stereocenters. The zero-order valence-corrected chi connectivity index (χ0v) is 11.0. The average Bonchev–Trinajstić information content (AvgIpc) is 2.92. The Labute approximate surface area is 116 Å². The van der Waals surface area contributed by atoms with Gasteiger partial charge in [-0.3, -0.25) is 0 Å². The topological polar surface area (TPSA) is 67.2 Å². The Kier molecular flexibility index (Phi) is 3.13.